The van der Waals surface area contributed by atoms with E-state index >= 15 is 0 Å². The number of ether oxygens (including phenoxy) is 1. The highest BCUT2D eigenvalue weighted by molar-refractivity contribution is 5.74. The minimum atomic E-state index is -0.211. The summed E-state index contributed by atoms with van der Waals surface area (Å²) >= 11 is 0. The van der Waals surface area contributed by atoms with Crippen LogP contribution < -0.4 is 5.73 Å². The number of carbonyl (C=O) groups excluding carboxylic acids is 1. The molecular weight excluding hydrogens is 130 g/mol. The molecule has 3 nitrogen and oxygen atoms in total. The van der Waals surface area contributed by atoms with Crippen LogP contribution in [0.15, 0.2) is 12.2 Å². The number of hydrogen-bond donors (Lipinski definition) is 1. The van der Waals surface area contributed by atoms with Gasteiger partial charge in [-0.3, -0.25) is 4.79 Å². The molecule has 1 rings (SSSR count). The van der Waals surface area contributed by atoms with Crippen molar-refractivity contribution in [3.8, 4) is 0 Å². The van der Waals surface area contributed by atoms with Gasteiger partial charge in [0, 0.05) is 6.04 Å². The molecule has 2 atom stereocenters. The van der Waals surface area contributed by atoms with Crippen LogP contribution in [0, 0.1) is 5.92 Å². The van der Waals surface area contributed by atoms with E-state index in [0.717, 1.165) is 0 Å². The van der Waals surface area contributed by atoms with E-state index < -0.39 is 0 Å². The van der Waals surface area contributed by atoms with Gasteiger partial charge in [-0.25, -0.2) is 0 Å². The Labute approximate surface area is 59.8 Å². The van der Waals surface area contributed by atoms with Gasteiger partial charge in [0.25, 0.3) is 0 Å². The number of esters is 1. The second-order valence-electron chi connectivity index (χ2n) is 2.37. The van der Waals surface area contributed by atoms with Crippen LogP contribution in [0.25, 0.3) is 0 Å². The van der Waals surface area contributed by atoms with Gasteiger partial charge in [0.15, 0.2) is 0 Å². The lowest BCUT2D eigenvalue weighted by atomic mass is 10.0. The topological polar surface area (TPSA) is 52.3 Å². The minimum absolute atomic E-state index is 0.146. The Kier molecular flexibility index (Phi) is 2.06. The van der Waals surface area contributed by atoms with Crippen LogP contribution in [0.4, 0.5) is 0 Å². The van der Waals surface area contributed by atoms with Crippen LogP contribution >= 0.6 is 0 Å². The molecule has 1 aliphatic carbocycles. The lowest BCUT2D eigenvalue weighted by Crippen LogP contribution is -2.31. The number of carbonyl (C=O) groups is 1. The Morgan fingerprint density at radius 1 is 1.80 bits per heavy atom. The molecule has 0 aromatic rings. The first kappa shape index (κ1) is 7.28. The summed E-state index contributed by atoms with van der Waals surface area (Å²) in [7, 11) is 1.38. The molecule has 0 aromatic carbocycles. The van der Waals surface area contributed by atoms with Crippen molar-refractivity contribution in [3.63, 3.8) is 0 Å². The first-order chi connectivity index (χ1) is 4.75. The molecule has 3 heteroatoms. The fourth-order valence-corrected chi connectivity index (χ4v) is 1.08. The molecule has 56 valence electrons. The summed E-state index contributed by atoms with van der Waals surface area (Å²) in [6.45, 7) is 0. The van der Waals surface area contributed by atoms with E-state index in [-0.39, 0.29) is 17.9 Å². The normalized spacial score (nSPS) is 30.6. The van der Waals surface area contributed by atoms with Gasteiger partial charge < -0.3 is 10.5 Å². The van der Waals surface area contributed by atoms with Crippen LogP contribution in [-0.2, 0) is 9.53 Å². The quantitative estimate of drug-likeness (QED) is 0.415. The van der Waals surface area contributed by atoms with Crippen LogP contribution in [-0.4, -0.2) is 19.1 Å². The van der Waals surface area contributed by atoms with Crippen LogP contribution in [0.3, 0.4) is 0 Å². The van der Waals surface area contributed by atoms with Gasteiger partial charge in [0.1, 0.15) is 0 Å². The molecule has 1 aliphatic rings. The highest BCUT2D eigenvalue weighted by Crippen LogP contribution is 2.17. The van der Waals surface area contributed by atoms with Gasteiger partial charge in [0.2, 0.25) is 0 Å². The molecule has 0 spiro atoms. The average Bonchev–Trinajstić information content (AvgIpc) is 2.34. The monoisotopic (exact) mass is 141 g/mol. The van der Waals surface area contributed by atoms with Crippen LogP contribution in [0.2, 0.25) is 0 Å². The standard InChI is InChI=1S/C7H11NO2/c1-10-7(9)5-3-2-4-6(5)8/h2,4-6H,3,8H2,1H3/t5-,6+/m1/s1. The summed E-state index contributed by atoms with van der Waals surface area (Å²) in [5.41, 5.74) is 5.57. The van der Waals surface area contributed by atoms with Gasteiger partial charge in [-0.05, 0) is 6.42 Å². The minimum Gasteiger partial charge on any atom is -0.469 e. The van der Waals surface area contributed by atoms with Crippen LogP contribution in [0.1, 0.15) is 6.42 Å². The molecule has 0 heterocycles. The molecule has 0 saturated heterocycles. The van der Waals surface area contributed by atoms with Gasteiger partial charge >= 0.3 is 5.97 Å². The Balaban J connectivity index is 2.51. The summed E-state index contributed by atoms with van der Waals surface area (Å²) in [4.78, 5) is 10.9. The van der Waals surface area contributed by atoms with Crippen molar-refractivity contribution < 1.29 is 9.53 Å². The first-order valence-corrected chi connectivity index (χ1v) is 3.26. The number of hydrogen-bond acceptors (Lipinski definition) is 3. The number of rotatable bonds is 1. The van der Waals surface area contributed by atoms with E-state index in [9.17, 15) is 4.79 Å². The highest BCUT2D eigenvalue weighted by atomic mass is 16.5. The third-order valence-corrected chi connectivity index (χ3v) is 1.72. The first-order valence-electron chi connectivity index (χ1n) is 3.26. The largest absolute Gasteiger partial charge is 0.469 e. The van der Waals surface area contributed by atoms with Crippen molar-refractivity contribution in [2.75, 3.05) is 7.11 Å². The van der Waals surface area contributed by atoms with Gasteiger partial charge in [-0.1, -0.05) is 12.2 Å². The zero-order valence-corrected chi connectivity index (χ0v) is 5.91. The summed E-state index contributed by atoms with van der Waals surface area (Å²) in [6.07, 6.45) is 4.46. The highest BCUT2D eigenvalue weighted by Gasteiger charge is 2.26. The average molecular weight is 141 g/mol. The molecule has 0 bridgehead atoms. The summed E-state index contributed by atoms with van der Waals surface area (Å²) in [6, 6.07) is -0.146. The summed E-state index contributed by atoms with van der Waals surface area (Å²) in [5, 5.41) is 0. The third-order valence-electron chi connectivity index (χ3n) is 1.72. The molecule has 0 radical (unpaired) electrons. The Bertz CT molecular complexity index is 165. The van der Waals surface area contributed by atoms with Crippen molar-refractivity contribution in [1.29, 1.82) is 0 Å². The number of methoxy groups -OCH3 is 1. The Morgan fingerprint density at radius 2 is 2.50 bits per heavy atom. The maximum atomic E-state index is 10.9. The summed E-state index contributed by atoms with van der Waals surface area (Å²) in [5.74, 6) is -0.359. The molecule has 0 unspecified atom stereocenters. The fraction of sp³-hybridized carbons (Fsp3) is 0.571. The molecular formula is C7H11NO2. The van der Waals surface area contributed by atoms with Crippen molar-refractivity contribution >= 4 is 5.97 Å². The lowest BCUT2D eigenvalue weighted by Gasteiger charge is -2.11. The van der Waals surface area contributed by atoms with Crippen molar-refractivity contribution in [2.45, 2.75) is 12.5 Å². The number of allylic oxidation sites excluding steroid dienone is 1. The maximum Gasteiger partial charge on any atom is 0.310 e. The van der Waals surface area contributed by atoms with E-state index in [4.69, 9.17) is 5.73 Å². The van der Waals surface area contributed by atoms with E-state index in [0.29, 0.717) is 6.42 Å². The molecule has 0 aromatic heterocycles. The molecule has 0 saturated carbocycles. The molecule has 10 heavy (non-hydrogen) atoms. The second-order valence-corrected chi connectivity index (χ2v) is 2.37. The Hall–Kier alpha value is -0.830. The van der Waals surface area contributed by atoms with Gasteiger partial charge in [0.05, 0.1) is 13.0 Å². The summed E-state index contributed by atoms with van der Waals surface area (Å²) < 4.78 is 4.55. The zero-order chi connectivity index (χ0) is 7.56. The fourth-order valence-electron chi connectivity index (χ4n) is 1.08. The van der Waals surface area contributed by atoms with E-state index in [1.165, 1.54) is 7.11 Å². The third kappa shape index (κ3) is 1.19. The van der Waals surface area contributed by atoms with Gasteiger partial charge in [-0.2, -0.15) is 0 Å². The SMILES string of the molecule is COC(=O)[C@@H]1CC=C[C@@H]1N. The lowest BCUT2D eigenvalue weighted by molar-refractivity contribution is -0.145. The predicted octanol–water partition coefficient (Wildman–Crippen LogP) is 0.0628. The van der Waals surface area contributed by atoms with Crippen LogP contribution in [0.5, 0.6) is 0 Å². The molecule has 2 N–H and O–H groups in total. The zero-order valence-electron chi connectivity index (χ0n) is 5.91. The predicted molar refractivity (Wildman–Crippen MR) is 37.2 cm³/mol. The van der Waals surface area contributed by atoms with E-state index in [1.54, 1.807) is 0 Å². The van der Waals surface area contributed by atoms with Gasteiger partial charge in [-0.15, -0.1) is 0 Å². The molecule has 0 aliphatic heterocycles. The molecule has 0 amide bonds. The Morgan fingerprint density at radius 3 is 2.90 bits per heavy atom. The van der Waals surface area contributed by atoms with E-state index in [2.05, 4.69) is 4.74 Å². The van der Waals surface area contributed by atoms with Crippen molar-refractivity contribution in [2.24, 2.45) is 11.7 Å². The second kappa shape index (κ2) is 2.84. The van der Waals surface area contributed by atoms with Crippen molar-refractivity contribution in [3.05, 3.63) is 12.2 Å². The van der Waals surface area contributed by atoms with Crippen molar-refractivity contribution in [1.82, 2.24) is 0 Å². The smallest absolute Gasteiger partial charge is 0.310 e. The molecule has 0 fully saturated rings. The maximum absolute atomic E-state index is 10.9. The van der Waals surface area contributed by atoms with E-state index in [1.807, 2.05) is 12.2 Å². The number of nitrogens with two attached hydrogens (primary N) is 1.